The fourth-order valence-corrected chi connectivity index (χ4v) is 7.55. The summed E-state index contributed by atoms with van der Waals surface area (Å²) in [4.78, 5) is 24.6. The van der Waals surface area contributed by atoms with E-state index in [1.807, 2.05) is 6.08 Å². The molecule has 0 spiro atoms. The van der Waals surface area contributed by atoms with Crippen LogP contribution in [0.5, 0.6) is 0 Å². The predicted octanol–water partition coefficient (Wildman–Crippen LogP) is 6.01. The quantitative estimate of drug-likeness (QED) is 0.306. The van der Waals surface area contributed by atoms with Crippen molar-refractivity contribution in [3.05, 3.63) is 11.6 Å². The van der Waals surface area contributed by atoms with Crippen molar-refractivity contribution < 1.29 is 14.3 Å². The van der Waals surface area contributed by atoms with E-state index >= 15 is 0 Å². The van der Waals surface area contributed by atoms with Crippen LogP contribution in [0.4, 0.5) is 0 Å². The molecule has 0 aromatic heterocycles. The molecule has 3 saturated carbocycles. The number of terminal acetylenes is 1. The van der Waals surface area contributed by atoms with Gasteiger partial charge in [-0.3, -0.25) is 9.59 Å². The zero-order valence-electron chi connectivity index (χ0n) is 18.9. The average molecular weight is 411 g/mol. The van der Waals surface area contributed by atoms with Gasteiger partial charge in [0.05, 0.1) is 0 Å². The predicted molar refractivity (Wildman–Crippen MR) is 119 cm³/mol. The Labute approximate surface area is 182 Å². The third kappa shape index (κ3) is 3.55. The lowest BCUT2D eigenvalue weighted by Crippen LogP contribution is -2.53. The summed E-state index contributed by atoms with van der Waals surface area (Å²) in [6.07, 6.45) is 20.9. The topological polar surface area (TPSA) is 43.4 Å². The Morgan fingerprint density at radius 3 is 2.73 bits per heavy atom. The highest BCUT2D eigenvalue weighted by Gasteiger charge is 2.64. The van der Waals surface area contributed by atoms with Crippen LogP contribution in [0.3, 0.4) is 0 Å². The smallest absolute Gasteiger partial charge is 0.307 e. The highest BCUT2D eigenvalue weighted by atomic mass is 16.6. The number of ether oxygens (including phenoxy) is 1. The van der Waals surface area contributed by atoms with Crippen molar-refractivity contribution >= 4 is 11.8 Å². The Hall–Kier alpha value is -1.56. The minimum atomic E-state index is -0.733. The second kappa shape index (κ2) is 8.52. The number of hydrogen-bond acceptors (Lipinski definition) is 3. The van der Waals surface area contributed by atoms with Crippen LogP contribution in [0, 0.1) is 41.4 Å². The van der Waals surface area contributed by atoms with Crippen LogP contribution in [-0.4, -0.2) is 17.4 Å². The van der Waals surface area contributed by atoms with E-state index in [0.717, 1.165) is 64.2 Å². The normalized spacial score (nSPS) is 39.9. The molecule has 0 unspecified atom stereocenters. The number of rotatable bonds is 6. The molecular formula is C27H38O3. The molecule has 0 amide bonds. The monoisotopic (exact) mass is 410 g/mol. The van der Waals surface area contributed by atoms with Gasteiger partial charge in [0, 0.05) is 18.3 Å². The maximum absolute atomic E-state index is 12.7. The van der Waals surface area contributed by atoms with E-state index in [0.29, 0.717) is 42.3 Å². The van der Waals surface area contributed by atoms with Gasteiger partial charge in [-0.25, -0.2) is 0 Å². The van der Waals surface area contributed by atoms with Gasteiger partial charge in [0.15, 0.2) is 11.4 Å². The van der Waals surface area contributed by atoms with Gasteiger partial charge in [-0.15, -0.1) is 6.42 Å². The zero-order chi connectivity index (χ0) is 21.4. The van der Waals surface area contributed by atoms with E-state index < -0.39 is 5.60 Å². The van der Waals surface area contributed by atoms with Crippen LogP contribution in [-0.2, 0) is 14.3 Å². The lowest BCUT2D eigenvalue weighted by molar-refractivity contribution is -0.170. The summed E-state index contributed by atoms with van der Waals surface area (Å²) < 4.78 is 6.17. The number of carbonyl (C=O) groups is 2. The van der Waals surface area contributed by atoms with Crippen molar-refractivity contribution in [1.82, 2.24) is 0 Å². The summed E-state index contributed by atoms with van der Waals surface area (Å²) in [7, 11) is 0. The second-order valence-electron chi connectivity index (χ2n) is 10.6. The minimum Gasteiger partial charge on any atom is -0.445 e. The summed E-state index contributed by atoms with van der Waals surface area (Å²) >= 11 is 0. The van der Waals surface area contributed by atoms with Gasteiger partial charge in [0.2, 0.25) is 0 Å². The SMILES string of the molecule is C#C[C@]1(OC(=O)CCCCCC)CC[C@@H]2[C@@H]3CCC4=CC(=O)CC[C@@H]4[C@@H]3CC[C@@]21C. The Morgan fingerprint density at radius 1 is 1.13 bits per heavy atom. The Bertz CT molecular complexity index is 759. The van der Waals surface area contributed by atoms with Crippen molar-refractivity contribution in [2.45, 2.75) is 103 Å². The van der Waals surface area contributed by atoms with Gasteiger partial charge < -0.3 is 4.74 Å². The molecule has 4 rings (SSSR count). The van der Waals surface area contributed by atoms with Crippen molar-refractivity contribution in [2.24, 2.45) is 29.1 Å². The molecule has 0 N–H and O–H groups in total. The summed E-state index contributed by atoms with van der Waals surface area (Å²) in [5.41, 5.74) is 0.562. The molecule has 4 aliphatic carbocycles. The number of unbranched alkanes of at least 4 members (excludes halogenated alkanes) is 3. The van der Waals surface area contributed by atoms with Crippen LogP contribution in [0.25, 0.3) is 0 Å². The first-order valence-electron chi connectivity index (χ1n) is 12.4. The van der Waals surface area contributed by atoms with E-state index in [2.05, 4.69) is 19.8 Å². The summed E-state index contributed by atoms with van der Waals surface area (Å²) in [5, 5.41) is 0. The van der Waals surface area contributed by atoms with E-state index in [1.54, 1.807) is 0 Å². The molecule has 3 fully saturated rings. The molecule has 3 heteroatoms. The van der Waals surface area contributed by atoms with Crippen molar-refractivity contribution in [3.63, 3.8) is 0 Å². The molecule has 0 bridgehead atoms. The lowest BCUT2D eigenvalue weighted by Gasteiger charge is -2.55. The molecule has 3 nitrogen and oxygen atoms in total. The third-order valence-electron chi connectivity index (χ3n) is 9.18. The molecule has 0 saturated heterocycles. The number of hydrogen-bond donors (Lipinski definition) is 0. The van der Waals surface area contributed by atoms with Crippen molar-refractivity contribution in [1.29, 1.82) is 0 Å². The minimum absolute atomic E-state index is 0.104. The highest BCUT2D eigenvalue weighted by molar-refractivity contribution is 5.91. The van der Waals surface area contributed by atoms with Crippen molar-refractivity contribution in [3.8, 4) is 12.3 Å². The Balaban J connectivity index is 1.49. The van der Waals surface area contributed by atoms with Crippen LogP contribution in [0.1, 0.15) is 97.3 Å². The van der Waals surface area contributed by atoms with E-state index in [-0.39, 0.29) is 11.4 Å². The van der Waals surface area contributed by atoms with Gasteiger partial charge in [-0.2, -0.15) is 0 Å². The van der Waals surface area contributed by atoms with E-state index in [4.69, 9.17) is 11.2 Å². The fourth-order valence-electron chi connectivity index (χ4n) is 7.55. The van der Waals surface area contributed by atoms with Gasteiger partial charge in [0.1, 0.15) is 0 Å². The third-order valence-corrected chi connectivity index (χ3v) is 9.18. The number of fused-ring (bicyclic) bond motifs is 5. The Morgan fingerprint density at radius 2 is 1.97 bits per heavy atom. The standard InChI is InChI=1S/C27H38O3/c1-4-6-7-8-9-25(29)30-27(5-2)17-15-24-23-12-10-19-18-20(28)11-13-21(19)22(23)14-16-26(24,27)3/h2,18,21-24H,4,6-17H2,1,3H3/t21-,22-,23+,24+,26-,27-/m0/s1. The lowest BCUT2D eigenvalue weighted by atomic mass is 9.50. The Kier molecular flexibility index (Phi) is 6.16. The molecule has 0 heterocycles. The van der Waals surface area contributed by atoms with Gasteiger partial charge >= 0.3 is 5.97 Å². The molecular weight excluding hydrogens is 372 g/mol. The average Bonchev–Trinajstić information content (AvgIpc) is 3.03. The van der Waals surface area contributed by atoms with Crippen LogP contribution >= 0.6 is 0 Å². The number of allylic oxidation sites excluding steroid dienone is 1. The molecule has 6 atom stereocenters. The van der Waals surface area contributed by atoms with E-state index in [9.17, 15) is 9.59 Å². The molecule has 4 aliphatic rings. The van der Waals surface area contributed by atoms with Crippen LogP contribution < -0.4 is 0 Å². The maximum atomic E-state index is 12.7. The maximum Gasteiger partial charge on any atom is 0.307 e. The van der Waals surface area contributed by atoms with Crippen LogP contribution in [0.2, 0.25) is 0 Å². The molecule has 0 aromatic carbocycles. The molecule has 0 aromatic rings. The van der Waals surface area contributed by atoms with Gasteiger partial charge in [-0.05, 0) is 81.1 Å². The molecule has 30 heavy (non-hydrogen) atoms. The number of esters is 1. The largest absolute Gasteiger partial charge is 0.445 e. The summed E-state index contributed by atoms with van der Waals surface area (Å²) in [6.45, 7) is 4.48. The highest BCUT2D eigenvalue weighted by Crippen LogP contribution is 2.65. The number of ketones is 1. The van der Waals surface area contributed by atoms with Crippen molar-refractivity contribution in [2.75, 3.05) is 0 Å². The molecule has 0 aliphatic heterocycles. The van der Waals surface area contributed by atoms with E-state index in [1.165, 1.54) is 12.0 Å². The molecule has 0 radical (unpaired) electrons. The number of carbonyl (C=O) groups excluding carboxylic acids is 2. The summed E-state index contributed by atoms with van der Waals surface area (Å²) in [6, 6.07) is 0. The van der Waals surface area contributed by atoms with Crippen LogP contribution in [0.15, 0.2) is 11.6 Å². The first-order chi connectivity index (χ1) is 14.4. The van der Waals surface area contributed by atoms with Gasteiger partial charge in [0.25, 0.3) is 0 Å². The zero-order valence-corrected chi connectivity index (χ0v) is 18.9. The first-order valence-corrected chi connectivity index (χ1v) is 12.4. The summed E-state index contributed by atoms with van der Waals surface area (Å²) in [5.74, 6) is 5.67. The fraction of sp³-hybridized carbons (Fsp3) is 0.778. The second-order valence-corrected chi connectivity index (χ2v) is 10.6. The molecule has 164 valence electrons. The first kappa shape index (κ1) is 21.7. The van der Waals surface area contributed by atoms with Gasteiger partial charge in [-0.1, -0.05) is 44.6 Å².